The number of aryl methyl sites for hydroxylation is 1. The van der Waals surface area contributed by atoms with Crippen LogP contribution in [0.2, 0.25) is 0 Å². The van der Waals surface area contributed by atoms with Crippen LogP contribution in [0.1, 0.15) is 160 Å². The fourth-order valence-electron chi connectivity index (χ4n) is 12.6. The molecule has 5 aromatic heterocycles. The van der Waals surface area contributed by atoms with Gasteiger partial charge in [0.1, 0.15) is 18.0 Å². The van der Waals surface area contributed by atoms with Gasteiger partial charge in [0.25, 0.3) is 6.01 Å². The molecule has 1 unspecified atom stereocenters. The maximum absolute atomic E-state index is 13.4. The van der Waals surface area contributed by atoms with Crippen molar-refractivity contribution in [3.05, 3.63) is 213 Å². The summed E-state index contributed by atoms with van der Waals surface area (Å²) < 4.78 is 25.9. The molecule has 1 fully saturated rings. The number of para-hydroxylation sites is 1. The van der Waals surface area contributed by atoms with E-state index in [0.717, 1.165) is 131 Å². The molecule has 0 aliphatic heterocycles. The number of carbonyl (C=O) groups excluding carboxylic acids is 3. The minimum atomic E-state index is -1.14. The first kappa shape index (κ1) is 77.6. The zero-order valence-corrected chi connectivity index (χ0v) is 61.4. The van der Waals surface area contributed by atoms with Crippen LogP contribution in [0.15, 0.2) is 169 Å². The lowest BCUT2D eigenvalue weighted by Gasteiger charge is -2.32. The molecular weight excluding hydrogens is 1380 g/mol. The first-order valence-corrected chi connectivity index (χ1v) is 36.7. The number of carbonyl (C=O) groups is 6. The molecule has 6 aromatic carbocycles. The first-order valence-electron chi connectivity index (χ1n) is 35.8. The third-order valence-electron chi connectivity index (χ3n) is 17.9. The van der Waals surface area contributed by atoms with Gasteiger partial charge in [0.05, 0.1) is 47.2 Å². The summed E-state index contributed by atoms with van der Waals surface area (Å²) in [6, 6.07) is 46.8. The minimum absolute atomic E-state index is 0.125. The van der Waals surface area contributed by atoms with Gasteiger partial charge >= 0.3 is 30.0 Å². The van der Waals surface area contributed by atoms with Crippen LogP contribution in [0.4, 0.5) is 4.79 Å². The van der Waals surface area contributed by atoms with E-state index >= 15 is 0 Å². The first-order chi connectivity index (χ1) is 51.9. The van der Waals surface area contributed by atoms with Gasteiger partial charge in [-0.25, -0.2) is 29.0 Å². The van der Waals surface area contributed by atoms with Gasteiger partial charge in [-0.05, 0) is 143 Å². The third-order valence-corrected chi connectivity index (χ3v) is 18.8. The average molecular weight is 1470 g/mol. The van der Waals surface area contributed by atoms with Crippen LogP contribution in [-0.4, -0.2) is 142 Å². The number of H-pyrrole nitrogens is 2. The molecule has 26 nitrogen and oxygen atoms in total. The zero-order valence-electron chi connectivity index (χ0n) is 60.5. The molecular formula is C80H87N13O13S. The van der Waals surface area contributed by atoms with Gasteiger partial charge in [0.2, 0.25) is 23.8 Å². The predicted molar refractivity (Wildman–Crippen MR) is 403 cm³/mol. The largest absolute Gasteiger partial charge is 0.511 e. The number of carboxylic acids is 3. The number of nitrogens with zero attached hydrogens (tertiary/aromatic N) is 11. The number of unbranched alkanes of at least 4 members (excludes halogenated alkanes) is 2. The Balaban J connectivity index is 0.000000177. The van der Waals surface area contributed by atoms with Crippen molar-refractivity contribution in [1.82, 2.24) is 65.3 Å². The van der Waals surface area contributed by atoms with E-state index in [4.69, 9.17) is 24.1 Å². The smallest absolute Gasteiger partial charge is 0.480 e. The van der Waals surface area contributed by atoms with Gasteiger partial charge in [-0.2, -0.15) is 15.4 Å². The maximum atomic E-state index is 13.4. The quantitative estimate of drug-likeness (QED) is 0.0159. The van der Waals surface area contributed by atoms with Crippen LogP contribution in [0.3, 0.4) is 0 Å². The van der Waals surface area contributed by atoms with Crippen molar-refractivity contribution >= 4 is 64.4 Å². The number of amides is 1. The van der Waals surface area contributed by atoms with E-state index in [-0.39, 0.29) is 35.6 Å². The van der Waals surface area contributed by atoms with Gasteiger partial charge in [-0.15, -0.1) is 31.7 Å². The van der Waals surface area contributed by atoms with Crippen LogP contribution >= 0.6 is 11.3 Å². The summed E-state index contributed by atoms with van der Waals surface area (Å²) in [6.07, 6.45) is 11.2. The average Bonchev–Trinajstić information content (AvgIpc) is 1.66. The summed E-state index contributed by atoms with van der Waals surface area (Å²) in [5, 5.41) is 59.2. The summed E-state index contributed by atoms with van der Waals surface area (Å²) in [7, 11) is 0. The second-order valence-corrected chi connectivity index (χ2v) is 27.0. The molecule has 1 amide bonds. The Bertz CT molecular complexity index is 4760. The molecule has 1 saturated carbocycles. The van der Waals surface area contributed by atoms with E-state index in [0.29, 0.717) is 66.8 Å². The van der Waals surface area contributed by atoms with E-state index in [1.165, 1.54) is 23.2 Å². The Morgan fingerprint density at radius 1 is 0.664 bits per heavy atom. The summed E-state index contributed by atoms with van der Waals surface area (Å²) in [4.78, 5) is 85.1. The number of aromatic amines is 2. The molecule has 0 bridgehead atoms. The van der Waals surface area contributed by atoms with Crippen molar-refractivity contribution < 1.29 is 63.0 Å². The molecule has 1 aliphatic rings. The van der Waals surface area contributed by atoms with Gasteiger partial charge in [0.15, 0.2) is 0 Å². The number of ether oxygens (including phenoxy) is 4. The maximum Gasteiger partial charge on any atom is 0.511 e. The summed E-state index contributed by atoms with van der Waals surface area (Å²) >= 11 is 1.53. The van der Waals surface area contributed by atoms with Crippen LogP contribution < -0.4 is 4.74 Å². The van der Waals surface area contributed by atoms with Crippen molar-refractivity contribution in [2.24, 2.45) is 5.92 Å². The molecule has 0 spiro atoms. The molecule has 5 N–H and O–H groups in total. The number of esters is 1. The van der Waals surface area contributed by atoms with Gasteiger partial charge < -0.3 is 43.7 Å². The molecule has 2 atom stereocenters. The number of tetrazole rings is 2. The number of thiophene rings is 1. The third kappa shape index (κ3) is 20.9. The highest BCUT2D eigenvalue weighted by molar-refractivity contribution is 7.09. The van der Waals surface area contributed by atoms with Crippen molar-refractivity contribution in [1.29, 1.82) is 0 Å². The van der Waals surface area contributed by atoms with Gasteiger partial charge in [-0.3, -0.25) is 9.36 Å². The molecule has 556 valence electrons. The number of carboxylic acid groups (broad SMARTS) is 3. The standard InChI is InChI=1S/C33H34N6O6.C24H29N5O3.C23H24N2O4S/c1-3-42-32-34-28-15-9-14-27(31(40)43-21(2)44-33(41)45-24-10-5-4-6-11-24)29(28)39(32)20-22-16-18-23(19-17-22)25-12-7-8-13-26(25)30-35-37-38-36-30;1-4-5-10-21(30)29(22(16(2)3)24(31)32)15-17-11-13-18(14-12-17)19-8-6-7-9-20(19)23-25-27-28-26-23;1-2-3-6-21-24-14-19(12-18(23(28)29)13-20-5-4-11-30-20)25(21)15-16-7-9-17(10-8-16)22(26)27/h7-9,12-19,21,24H,3-6,10-11,20H2,1-2H3,(H,35,36,37,38);6-9,11-14,16,22H,4-5,10,15H2,1-3H3,(H,31,32)(H,25,26,27,28);4-5,7-12,14H,2-3,6,13,15H2,1H3,(H,26,27)(H,28,29)/b;;18-12+/t;22-;/m.0./s1. The molecule has 0 radical (unpaired) electrons. The zero-order chi connectivity index (χ0) is 75.8. The highest BCUT2D eigenvalue weighted by Crippen LogP contribution is 2.34. The summed E-state index contributed by atoms with van der Waals surface area (Å²) in [5.74, 6) is -1.94. The van der Waals surface area contributed by atoms with Gasteiger partial charge in [0, 0.05) is 60.9 Å². The topological polar surface area (TPSA) is 348 Å². The Hall–Kier alpha value is -12.0. The number of fused-ring (bicyclic) bond motifs is 1. The minimum Gasteiger partial charge on any atom is -0.480 e. The fourth-order valence-corrected chi connectivity index (χ4v) is 13.3. The molecule has 107 heavy (non-hydrogen) atoms. The lowest BCUT2D eigenvalue weighted by molar-refractivity contribution is -0.153. The van der Waals surface area contributed by atoms with Crippen molar-refractivity contribution in [3.8, 4) is 51.0 Å². The van der Waals surface area contributed by atoms with Gasteiger partial charge in [-0.1, -0.05) is 168 Å². The molecule has 27 heteroatoms. The SMILES string of the molecule is CCCCC(=O)N(Cc1ccc(-c2ccccc2-c2nn[nH]n2)cc1)[C@H](C(=O)O)C(C)C.CCCCc1ncc(/C=C(\Cc2cccs2)C(=O)O)n1Cc1ccc(C(=O)O)cc1.CCOc1nc2cccc(C(=O)OC(C)OC(=O)OC3CCCCC3)c2n1Cc1ccc(-c2ccccc2-c2nn[nH]n2)cc1. The molecule has 11 aromatic rings. The van der Waals surface area contributed by atoms with E-state index in [2.05, 4.69) is 58.1 Å². The Morgan fingerprint density at radius 3 is 1.80 bits per heavy atom. The van der Waals surface area contributed by atoms with Crippen molar-refractivity contribution in [3.63, 3.8) is 0 Å². The number of rotatable bonds is 30. The fraction of sp³-hybridized carbons (Fsp3) is 0.325. The molecule has 5 heterocycles. The van der Waals surface area contributed by atoms with Crippen LogP contribution in [-0.2, 0) is 61.1 Å². The normalized spacial score (nSPS) is 12.8. The van der Waals surface area contributed by atoms with E-state index < -0.39 is 42.4 Å². The number of hydrogen-bond donors (Lipinski definition) is 5. The highest BCUT2D eigenvalue weighted by Gasteiger charge is 2.33. The number of benzene rings is 6. The number of aromatic nitrogens is 12. The lowest BCUT2D eigenvalue weighted by atomic mass is 9.97. The highest BCUT2D eigenvalue weighted by atomic mass is 32.1. The number of aliphatic carboxylic acids is 2. The summed E-state index contributed by atoms with van der Waals surface area (Å²) in [6.45, 7) is 12.7. The monoisotopic (exact) mass is 1470 g/mol. The molecule has 12 rings (SSSR count). The number of nitrogens with one attached hydrogen (secondary N) is 2. The van der Waals surface area contributed by atoms with Crippen LogP contribution in [0.25, 0.3) is 62.1 Å². The van der Waals surface area contributed by atoms with E-state index in [9.17, 15) is 39.0 Å². The molecule has 0 saturated heterocycles. The Labute approximate surface area is 622 Å². The Kier molecular flexibility index (Phi) is 27.7. The summed E-state index contributed by atoms with van der Waals surface area (Å²) in [5.41, 5.74) is 11.0. The van der Waals surface area contributed by atoms with E-state index in [1.807, 2.05) is 157 Å². The number of aromatic carboxylic acids is 1. The van der Waals surface area contributed by atoms with Crippen molar-refractivity contribution in [2.75, 3.05) is 6.61 Å². The van der Waals surface area contributed by atoms with Crippen LogP contribution in [0.5, 0.6) is 6.01 Å². The predicted octanol–water partition coefficient (Wildman–Crippen LogP) is 15.2. The Morgan fingerprint density at radius 2 is 1.26 bits per heavy atom. The van der Waals surface area contributed by atoms with E-state index in [1.54, 1.807) is 48.7 Å². The second-order valence-electron chi connectivity index (χ2n) is 25.9. The number of hydrogen-bond acceptors (Lipinski definition) is 19. The molecule has 1 aliphatic carbocycles. The number of imidazole rings is 2. The van der Waals surface area contributed by atoms with Crippen molar-refractivity contribution in [2.45, 2.75) is 157 Å². The van der Waals surface area contributed by atoms with Crippen LogP contribution in [0, 0.1) is 5.92 Å². The lowest BCUT2D eigenvalue weighted by Crippen LogP contribution is -2.47. The second kappa shape index (κ2) is 38.1.